The van der Waals surface area contributed by atoms with E-state index in [1.807, 2.05) is 60.7 Å². The Bertz CT molecular complexity index is 1320. The molecule has 0 unspecified atom stereocenters. The van der Waals surface area contributed by atoms with E-state index in [2.05, 4.69) is 17.6 Å². The molecule has 0 saturated heterocycles. The monoisotopic (exact) mass is 514 g/mol. The fourth-order valence-corrected chi connectivity index (χ4v) is 5.29. The Morgan fingerprint density at radius 1 is 0.842 bits per heavy atom. The number of anilines is 2. The highest BCUT2D eigenvalue weighted by molar-refractivity contribution is 6.01. The van der Waals surface area contributed by atoms with Gasteiger partial charge in [0.1, 0.15) is 5.75 Å². The largest absolute Gasteiger partial charge is 0.494 e. The first-order valence-corrected chi connectivity index (χ1v) is 13.0. The fourth-order valence-electron chi connectivity index (χ4n) is 5.29. The molecule has 2 atom stereocenters. The number of para-hydroxylation sites is 2. The van der Waals surface area contributed by atoms with Gasteiger partial charge in [0.15, 0.2) is 17.3 Å². The first-order chi connectivity index (χ1) is 18.6. The molecular formula is C31H34N2O5. The van der Waals surface area contributed by atoms with Crippen molar-refractivity contribution >= 4 is 17.2 Å². The molecule has 1 aliphatic heterocycles. The van der Waals surface area contributed by atoms with E-state index in [-0.39, 0.29) is 17.7 Å². The average molecular weight is 515 g/mol. The number of nitrogens with one attached hydrogen (secondary N) is 2. The average Bonchev–Trinajstić information content (AvgIpc) is 3.12. The molecule has 2 N–H and O–H groups in total. The van der Waals surface area contributed by atoms with E-state index < -0.39 is 0 Å². The quantitative estimate of drug-likeness (QED) is 0.356. The van der Waals surface area contributed by atoms with Crippen LogP contribution >= 0.6 is 0 Å². The highest BCUT2D eigenvalue weighted by Crippen LogP contribution is 2.47. The number of carbonyl (C=O) groups is 1. The van der Waals surface area contributed by atoms with Gasteiger partial charge in [-0.15, -0.1) is 0 Å². The summed E-state index contributed by atoms with van der Waals surface area (Å²) in [5.74, 6) is 2.59. The SMILES string of the molecule is CCCOc1ccc([C@@H]2Nc3ccccc3NC3=C2C(=O)C[C@H](c2cc(OC)c(OC)c(OC)c2)C3)cc1. The van der Waals surface area contributed by atoms with Crippen molar-refractivity contribution in [2.75, 3.05) is 38.6 Å². The van der Waals surface area contributed by atoms with Gasteiger partial charge in [0.2, 0.25) is 5.75 Å². The molecule has 0 radical (unpaired) electrons. The van der Waals surface area contributed by atoms with Crippen LogP contribution in [0.1, 0.15) is 49.3 Å². The van der Waals surface area contributed by atoms with Gasteiger partial charge in [0.25, 0.3) is 0 Å². The first kappa shape index (κ1) is 25.5. The highest BCUT2D eigenvalue weighted by atomic mass is 16.5. The summed E-state index contributed by atoms with van der Waals surface area (Å²) in [7, 11) is 4.79. The van der Waals surface area contributed by atoms with E-state index in [1.165, 1.54) is 0 Å². The van der Waals surface area contributed by atoms with Crippen LogP contribution in [0.25, 0.3) is 0 Å². The molecule has 0 spiro atoms. The number of fused-ring (bicyclic) bond motifs is 1. The molecule has 198 valence electrons. The van der Waals surface area contributed by atoms with Crippen LogP contribution in [-0.4, -0.2) is 33.7 Å². The molecule has 38 heavy (non-hydrogen) atoms. The smallest absolute Gasteiger partial charge is 0.203 e. The molecule has 7 heteroatoms. The Hall–Kier alpha value is -4.13. The molecule has 0 saturated carbocycles. The summed E-state index contributed by atoms with van der Waals surface area (Å²) in [5, 5.41) is 7.23. The van der Waals surface area contributed by atoms with E-state index in [1.54, 1.807) is 21.3 Å². The number of rotatable bonds is 8. The predicted molar refractivity (Wildman–Crippen MR) is 149 cm³/mol. The molecule has 0 amide bonds. The Morgan fingerprint density at radius 3 is 2.16 bits per heavy atom. The van der Waals surface area contributed by atoms with E-state index >= 15 is 0 Å². The third-order valence-electron chi connectivity index (χ3n) is 7.15. The minimum Gasteiger partial charge on any atom is -0.494 e. The lowest BCUT2D eigenvalue weighted by Crippen LogP contribution is -2.27. The fraction of sp³-hybridized carbons (Fsp3) is 0.323. The summed E-state index contributed by atoms with van der Waals surface area (Å²) in [6.45, 7) is 2.76. The van der Waals surface area contributed by atoms with Crippen molar-refractivity contribution in [2.45, 2.75) is 38.1 Å². The number of hydrogen-bond donors (Lipinski definition) is 2. The summed E-state index contributed by atoms with van der Waals surface area (Å²) >= 11 is 0. The minimum atomic E-state index is -0.283. The van der Waals surface area contributed by atoms with Gasteiger partial charge in [-0.1, -0.05) is 31.2 Å². The number of ether oxygens (including phenoxy) is 4. The van der Waals surface area contributed by atoms with E-state index in [4.69, 9.17) is 18.9 Å². The van der Waals surface area contributed by atoms with Crippen LogP contribution in [0.4, 0.5) is 11.4 Å². The zero-order valence-electron chi connectivity index (χ0n) is 22.3. The van der Waals surface area contributed by atoms with Gasteiger partial charge in [-0.05, 0) is 66.3 Å². The lowest BCUT2D eigenvalue weighted by Gasteiger charge is -2.30. The van der Waals surface area contributed by atoms with Crippen molar-refractivity contribution in [3.05, 3.63) is 83.1 Å². The minimum absolute atomic E-state index is 0.0433. The number of allylic oxidation sites excluding steroid dienone is 1. The van der Waals surface area contributed by atoms with Crippen LogP contribution in [0, 0.1) is 0 Å². The second kappa shape index (κ2) is 11.1. The molecule has 3 aromatic carbocycles. The van der Waals surface area contributed by atoms with Crippen molar-refractivity contribution in [3.63, 3.8) is 0 Å². The first-order valence-electron chi connectivity index (χ1n) is 13.0. The number of carbonyl (C=O) groups excluding carboxylic acids is 1. The predicted octanol–water partition coefficient (Wildman–Crippen LogP) is 6.48. The molecule has 0 fully saturated rings. The van der Waals surface area contributed by atoms with E-state index in [0.29, 0.717) is 36.7 Å². The zero-order valence-corrected chi connectivity index (χ0v) is 22.3. The number of Topliss-reactive ketones (excluding diaryl/α,β-unsaturated/α-hetero) is 1. The van der Waals surface area contributed by atoms with Gasteiger partial charge in [-0.25, -0.2) is 0 Å². The van der Waals surface area contributed by atoms with Crippen LogP contribution in [0.3, 0.4) is 0 Å². The van der Waals surface area contributed by atoms with Gasteiger partial charge in [0, 0.05) is 17.7 Å². The lowest BCUT2D eigenvalue weighted by atomic mass is 9.78. The maximum Gasteiger partial charge on any atom is 0.203 e. The number of methoxy groups -OCH3 is 3. The number of hydrogen-bond acceptors (Lipinski definition) is 7. The molecule has 0 bridgehead atoms. The van der Waals surface area contributed by atoms with Crippen molar-refractivity contribution < 1.29 is 23.7 Å². The molecule has 2 aliphatic rings. The Morgan fingerprint density at radius 2 is 1.53 bits per heavy atom. The van der Waals surface area contributed by atoms with Gasteiger partial charge in [-0.3, -0.25) is 4.79 Å². The molecular weight excluding hydrogens is 480 g/mol. The van der Waals surface area contributed by atoms with Crippen LogP contribution in [-0.2, 0) is 4.79 Å². The molecule has 1 aliphatic carbocycles. The topological polar surface area (TPSA) is 78.1 Å². The third-order valence-corrected chi connectivity index (χ3v) is 7.15. The standard InChI is InChI=1S/C31H34N2O5/c1-5-14-38-22-12-10-19(11-13-22)30-29-25(32-23-8-6-7-9-24(23)33-30)15-20(16-26(29)34)21-17-27(35-2)31(37-4)28(18-21)36-3/h6-13,17-18,20,30,32-33H,5,14-16H2,1-4H3/t20-,30+/m1/s1. The van der Waals surface area contributed by atoms with Crippen LogP contribution < -0.4 is 29.6 Å². The molecule has 3 aromatic rings. The van der Waals surface area contributed by atoms with Crippen LogP contribution in [0.15, 0.2) is 71.9 Å². The lowest BCUT2D eigenvalue weighted by molar-refractivity contribution is -0.116. The second-order valence-electron chi connectivity index (χ2n) is 9.54. The second-order valence-corrected chi connectivity index (χ2v) is 9.54. The van der Waals surface area contributed by atoms with Crippen molar-refractivity contribution in [1.29, 1.82) is 0 Å². The van der Waals surface area contributed by atoms with E-state index in [0.717, 1.165) is 45.9 Å². The number of ketones is 1. The maximum absolute atomic E-state index is 13.9. The van der Waals surface area contributed by atoms with Crippen molar-refractivity contribution in [1.82, 2.24) is 0 Å². The van der Waals surface area contributed by atoms with Crippen LogP contribution in [0.2, 0.25) is 0 Å². The van der Waals surface area contributed by atoms with Gasteiger partial charge >= 0.3 is 0 Å². The zero-order chi connectivity index (χ0) is 26.6. The van der Waals surface area contributed by atoms with Gasteiger partial charge in [-0.2, -0.15) is 0 Å². The summed E-state index contributed by atoms with van der Waals surface area (Å²) in [6, 6.07) is 19.7. The summed E-state index contributed by atoms with van der Waals surface area (Å²) < 4.78 is 22.4. The molecule has 1 heterocycles. The van der Waals surface area contributed by atoms with Gasteiger partial charge < -0.3 is 29.6 Å². The third kappa shape index (κ3) is 4.88. The maximum atomic E-state index is 13.9. The molecule has 0 aromatic heterocycles. The highest BCUT2D eigenvalue weighted by Gasteiger charge is 2.36. The summed E-state index contributed by atoms with van der Waals surface area (Å²) in [4.78, 5) is 13.9. The summed E-state index contributed by atoms with van der Waals surface area (Å²) in [5.41, 5.74) is 5.58. The summed E-state index contributed by atoms with van der Waals surface area (Å²) in [6.07, 6.45) is 2.00. The van der Waals surface area contributed by atoms with Crippen molar-refractivity contribution in [3.8, 4) is 23.0 Å². The van der Waals surface area contributed by atoms with Gasteiger partial charge in [0.05, 0.1) is 45.4 Å². The van der Waals surface area contributed by atoms with Crippen molar-refractivity contribution in [2.24, 2.45) is 0 Å². The van der Waals surface area contributed by atoms with Crippen LogP contribution in [0.5, 0.6) is 23.0 Å². The normalized spacial score (nSPS) is 18.4. The Kier molecular flexibility index (Phi) is 7.45. The Balaban J connectivity index is 1.55. The molecule has 5 rings (SSSR count). The Labute approximate surface area is 223 Å². The number of benzene rings is 3. The van der Waals surface area contributed by atoms with E-state index in [9.17, 15) is 4.79 Å². The molecule has 7 nitrogen and oxygen atoms in total.